The van der Waals surface area contributed by atoms with Crippen molar-refractivity contribution in [1.82, 2.24) is 0 Å². The van der Waals surface area contributed by atoms with Crippen LogP contribution in [0.2, 0.25) is 0 Å². The third kappa shape index (κ3) is 13.8. The molecule has 4 aliphatic rings. The number of rotatable bonds is 8. The van der Waals surface area contributed by atoms with Crippen LogP contribution in [0.3, 0.4) is 0 Å². The van der Waals surface area contributed by atoms with Crippen LogP contribution in [0.1, 0.15) is 76.7 Å². The van der Waals surface area contributed by atoms with Gasteiger partial charge >= 0.3 is 44.8 Å². The maximum atomic E-state index is 5.80. The van der Waals surface area contributed by atoms with Gasteiger partial charge in [-0.3, -0.25) is 4.99 Å². The van der Waals surface area contributed by atoms with Crippen molar-refractivity contribution >= 4 is 34.2 Å². The molecular weight excluding hydrogens is 815 g/mol. The summed E-state index contributed by atoms with van der Waals surface area (Å²) in [4.78, 5) is 4.53. The molecule has 0 heterocycles. The Hall–Kier alpha value is -1.17. The molecule has 52 heavy (non-hydrogen) atoms. The molecule has 3 nitrogen and oxygen atoms in total. The van der Waals surface area contributed by atoms with Gasteiger partial charge in [-0.05, 0) is 124 Å². The van der Waals surface area contributed by atoms with Gasteiger partial charge in [-0.15, -0.1) is 0 Å². The molecular formula is C45H53ClFeNO2PPd+2. The number of aliphatic imine (C=N–C) groups is 1. The van der Waals surface area contributed by atoms with Crippen molar-refractivity contribution in [2.24, 2.45) is 4.99 Å². The molecule has 7 rings (SSSR count). The van der Waals surface area contributed by atoms with E-state index in [0.29, 0.717) is 0 Å². The molecule has 4 aliphatic carbocycles. The standard InChI is InChI=1S/C26H35O2P.C14H13N.C5H5.ClH.Fe.Pd/c1-27-23-17-11-18-24(28-2)26(23)22-16-9-10-19-25(22)29(20-12-5-3-6-13-20)21-14-7-4-8-15-21;1-11-7-9-14(10-8-11)15-12(2)13-5-3-4-6-13;1-2-4-5-3-1;;;/h9-11,16-21H,3-8,12-15H2,1-2H3;3-5,7-10H,1-2H3;1-5H;1H;;/q;-1;;;2*+2/p-1. The molecule has 4 fully saturated rings. The number of ether oxygens (including phenoxy) is 2. The van der Waals surface area contributed by atoms with Crippen LogP contribution >= 0.6 is 17.5 Å². The maximum Gasteiger partial charge on any atom is 2.00 e. The van der Waals surface area contributed by atoms with Gasteiger partial charge in [-0.25, -0.2) is 6.42 Å². The first-order valence-electron chi connectivity index (χ1n) is 18.2. The SMILES string of the molecule is CC(=Nc1ccc(C)cc1)[C]1[C-][CH][CH][CH]1.COc1cccc(OC)c1-c1ccccc1P(C1CCCCC1)C1CCCCC1.[CH]1[CH][CH][CH][CH]1.[Cl][Pd+].[Fe+2]. The third-order valence-electron chi connectivity index (χ3n) is 9.69. The maximum absolute atomic E-state index is 5.80. The summed E-state index contributed by atoms with van der Waals surface area (Å²) >= 11 is 2.22. The molecule has 7 heteroatoms. The largest absolute Gasteiger partial charge is 2.00 e. The molecule has 0 unspecified atom stereocenters. The van der Waals surface area contributed by atoms with Crippen molar-refractivity contribution in [3.05, 3.63) is 136 Å². The van der Waals surface area contributed by atoms with E-state index >= 15 is 0 Å². The molecule has 0 spiro atoms. The molecule has 0 N–H and O–H groups in total. The van der Waals surface area contributed by atoms with Crippen LogP contribution in [-0.2, 0) is 35.2 Å². The van der Waals surface area contributed by atoms with E-state index in [9.17, 15) is 0 Å². The first kappa shape index (κ1) is 45.2. The molecule has 4 saturated carbocycles. The first-order chi connectivity index (χ1) is 25.1. The summed E-state index contributed by atoms with van der Waals surface area (Å²) in [5.41, 5.74) is 7.48. The molecule has 0 amide bonds. The minimum Gasteiger partial charge on any atom is 2.00 e. The van der Waals surface area contributed by atoms with E-state index in [2.05, 4.69) is 94.6 Å². The van der Waals surface area contributed by atoms with Crippen molar-refractivity contribution in [2.45, 2.75) is 89.4 Å². The second-order valence-corrected chi connectivity index (χ2v) is 15.9. The number of nitrogens with zero attached hydrogens (tertiary/aromatic N) is 1. The quantitative estimate of drug-likeness (QED) is 0.0977. The Labute approximate surface area is 343 Å². The summed E-state index contributed by atoms with van der Waals surface area (Å²) in [7, 11) is 7.85. The van der Waals surface area contributed by atoms with Gasteiger partial charge < -0.3 is 15.9 Å². The summed E-state index contributed by atoms with van der Waals surface area (Å²) in [6.45, 7) is 4.08. The van der Waals surface area contributed by atoms with E-state index < -0.39 is 0 Å². The first-order valence-corrected chi connectivity index (χ1v) is 21.7. The number of halogens is 1. The minimum absolute atomic E-state index is 0. The van der Waals surface area contributed by atoms with Crippen LogP contribution in [0.15, 0.2) is 71.7 Å². The van der Waals surface area contributed by atoms with Gasteiger partial charge in [-0.2, -0.15) is 5.92 Å². The van der Waals surface area contributed by atoms with Gasteiger partial charge in [0, 0.05) is 0 Å². The van der Waals surface area contributed by atoms with Crippen molar-refractivity contribution in [3.63, 3.8) is 0 Å². The fraction of sp³-hybridized carbons (Fsp3) is 0.356. The smallest absolute Gasteiger partial charge is 2.00 e. The fourth-order valence-corrected chi connectivity index (χ4v) is 11.1. The number of hydrogen-bond donors (Lipinski definition) is 0. The Morgan fingerprint density at radius 2 is 1.23 bits per heavy atom. The predicted molar refractivity (Wildman–Crippen MR) is 216 cm³/mol. The number of aryl methyl sites for hydroxylation is 1. The summed E-state index contributed by atoms with van der Waals surface area (Å²) in [5, 5.41) is 1.59. The molecule has 10 radical (unpaired) electrons. The summed E-state index contributed by atoms with van der Waals surface area (Å²) in [6.07, 6.45) is 33.2. The molecule has 0 atom stereocenters. The zero-order valence-electron chi connectivity index (χ0n) is 31.0. The van der Waals surface area contributed by atoms with Gasteiger partial charge in [0.1, 0.15) is 11.5 Å². The van der Waals surface area contributed by atoms with E-state index in [1.54, 1.807) is 19.5 Å². The predicted octanol–water partition coefficient (Wildman–Crippen LogP) is 12.2. The third-order valence-corrected chi connectivity index (χ3v) is 13.2. The number of methoxy groups -OCH3 is 2. The van der Waals surface area contributed by atoms with Gasteiger partial charge in [0.25, 0.3) is 0 Å². The molecule has 3 aromatic rings. The summed E-state index contributed by atoms with van der Waals surface area (Å²) in [5.74, 6) is 2.90. The second kappa shape index (κ2) is 25.8. The fourth-order valence-electron chi connectivity index (χ4n) is 7.19. The van der Waals surface area contributed by atoms with Crippen LogP contribution in [0, 0.1) is 70.6 Å². The van der Waals surface area contributed by atoms with E-state index in [4.69, 9.17) is 9.47 Å². The topological polar surface area (TPSA) is 30.8 Å². The van der Waals surface area contributed by atoms with Gasteiger partial charge in [0.2, 0.25) is 0 Å². The second-order valence-electron chi connectivity index (χ2n) is 13.1. The molecule has 0 aliphatic heterocycles. The van der Waals surface area contributed by atoms with E-state index in [-0.39, 0.29) is 25.0 Å². The average Bonchev–Trinajstić information content (AvgIpc) is 3.97. The van der Waals surface area contributed by atoms with Crippen LogP contribution in [0.4, 0.5) is 5.69 Å². The Bertz CT molecular complexity index is 1380. The minimum atomic E-state index is -0.182. The monoisotopic (exact) mass is 867 g/mol. The van der Waals surface area contributed by atoms with E-state index in [1.807, 2.05) is 76.5 Å². The number of benzene rings is 3. The van der Waals surface area contributed by atoms with E-state index in [1.165, 1.54) is 75.3 Å². The van der Waals surface area contributed by atoms with Crippen molar-refractivity contribution in [2.75, 3.05) is 14.2 Å². The van der Waals surface area contributed by atoms with Gasteiger partial charge in [0.05, 0.1) is 25.5 Å². The Morgan fingerprint density at radius 1 is 0.712 bits per heavy atom. The summed E-state index contributed by atoms with van der Waals surface area (Å²) < 4.78 is 11.6. The normalized spacial score (nSPS) is 18.2. The van der Waals surface area contributed by atoms with E-state index in [0.717, 1.165) is 45.7 Å². The Kier molecular flexibility index (Phi) is 22.5. The Morgan fingerprint density at radius 3 is 1.71 bits per heavy atom. The zero-order valence-corrected chi connectivity index (χ0v) is 35.3. The molecule has 278 valence electrons. The molecule has 3 aromatic carbocycles. The van der Waals surface area contributed by atoms with Crippen LogP contribution in [-0.4, -0.2) is 31.2 Å². The van der Waals surface area contributed by atoms with Crippen LogP contribution in [0.5, 0.6) is 11.5 Å². The van der Waals surface area contributed by atoms with Crippen LogP contribution in [0.25, 0.3) is 11.1 Å². The van der Waals surface area contributed by atoms with Crippen LogP contribution < -0.4 is 14.8 Å². The molecule has 0 aromatic heterocycles. The molecule has 0 saturated heterocycles. The molecule has 0 bridgehead atoms. The van der Waals surface area contributed by atoms with Crippen molar-refractivity contribution < 1.29 is 44.7 Å². The average molecular weight is 869 g/mol. The van der Waals surface area contributed by atoms with Crippen molar-refractivity contribution in [1.29, 1.82) is 0 Å². The zero-order chi connectivity index (χ0) is 36.3. The summed E-state index contributed by atoms with van der Waals surface area (Å²) in [6, 6.07) is 23.5. The Balaban J connectivity index is 0.000000263. The number of hydrogen-bond acceptors (Lipinski definition) is 3. The van der Waals surface area contributed by atoms with Gasteiger partial charge in [0.15, 0.2) is 0 Å². The van der Waals surface area contributed by atoms with Crippen molar-refractivity contribution in [3.8, 4) is 22.6 Å². The van der Waals surface area contributed by atoms with Gasteiger partial charge in [-0.1, -0.05) is 107 Å².